The van der Waals surface area contributed by atoms with Crippen LogP contribution in [0.2, 0.25) is 0 Å². The van der Waals surface area contributed by atoms with Crippen LogP contribution in [0.15, 0.2) is 18.2 Å². The molecule has 0 spiro atoms. The van der Waals surface area contributed by atoms with Crippen LogP contribution in [0.1, 0.15) is 24.8 Å². The first-order valence-corrected chi connectivity index (χ1v) is 7.93. The molecule has 1 saturated heterocycles. The minimum Gasteiger partial charge on any atom is -0.497 e. The molecule has 1 fully saturated rings. The van der Waals surface area contributed by atoms with Crippen molar-refractivity contribution in [3.63, 3.8) is 0 Å². The van der Waals surface area contributed by atoms with Crippen molar-refractivity contribution in [1.82, 2.24) is 10.6 Å². The summed E-state index contributed by atoms with van der Waals surface area (Å²) in [5, 5.41) is 6.39. The molecule has 0 unspecified atom stereocenters. The number of benzene rings is 1. The predicted octanol–water partition coefficient (Wildman–Crippen LogP) is 1.75. The molecule has 1 atom stereocenters. The fourth-order valence-electron chi connectivity index (χ4n) is 2.77. The van der Waals surface area contributed by atoms with Crippen molar-refractivity contribution in [3.8, 4) is 11.5 Å². The number of amides is 1. The lowest BCUT2D eigenvalue weighted by Gasteiger charge is -2.14. The number of hydrogen-bond acceptors (Lipinski definition) is 4. The van der Waals surface area contributed by atoms with E-state index in [-0.39, 0.29) is 11.8 Å². The molecule has 5 nitrogen and oxygen atoms in total. The number of ether oxygens (including phenoxy) is 2. The van der Waals surface area contributed by atoms with Crippen molar-refractivity contribution < 1.29 is 14.3 Å². The third kappa shape index (κ3) is 4.91. The molecule has 0 radical (unpaired) electrons. The molecular formula is C17H26N2O3. The molecule has 0 aliphatic carbocycles. The van der Waals surface area contributed by atoms with Gasteiger partial charge in [0.05, 0.1) is 14.2 Å². The van der Waals surface area contributed by atoms with E-state index in [2.05, 4.69) is 10.6 Å². The molecule has 1 heterocycles. The summed E-state index contributed by atoms with van der Waals surface area (Å²) >= 11 is 0. The van der Waals surface area contributed by atoms with Crippen LogP contribution in [0, 0.1) is 5.92 Å². The SMILES string of the molecule is COc1cc(CCNC(=O)[C@@H]2CCCNCC2)cc(OC)c1. The first kappa shape index (κ1) is 16.6. The molecule has 2 N–H and O–H groups in total. The monoisotopic (exact) mass is 306 g/mol. The summed E-state index contributed by atoms with van der Waals surface area (Å²) in [6.07, 6.45) is 3.75. The third-order valence-corrected chi connectivity index (χ3v) is 4.07. The van der Waals surface area contributed by atoms with Crippen LogP contribution in [-0.2, 0) is 11.2 Å². The smallest absolute Gasteiger partial charge is 0.223 e. The Balaban J connectivity index is 1.83. The molecule has 5 heteroatoms. The van der Waals surface area contributed by atoms with Gasteiger partial charge in [-0.2, -0.15) is 0 Å². The number of methoxy groups -OCH3 is 2. The van der Waals surface area contributed by atoms with Crippen LogP contribution >= 0.6 is 0 Å². The highest BCUT2D eigenvalue weighted by atomic mass is 16.5. The Labute approximate surface area is 132 Å². The van der Waals surface area contributed by atoms with Gasteiger partial charge in [-0.1, -0.05) is 0 Å². The molecule has 1 aliphatic heterocycles. The molecule has 1 aromatic carbocycles. The second kappa shape index (κ2) is 8.63. The maximum Gasteiger partial charge on any atom is 0.223 e. The van der Waals surface area contributed by atoms with Crippen molar-refractivity contribution in [2.75, 3.05) is 33.9 Å². The first-order valence-electron chi connectivity index (χ1n) is 7.93. The fourth-order valence-corrected chi connectivity index (χ4v) is 2.77. The van der Waals surface area contributed by atoms with Crippen LogP contribution in [0.3, 0.4) is 0 Å². The van der Waals surface area contributed by atoms with Crippen molar-refractivity contribution in [3.05, 3.63) is 23.8 Å². The zero-order valence-corrected chi connectivity index (χ0v) is 13.5. The van der Waals surface area contributed by atoms with E-state index in [1.165, 1.54) is 0 Å². The van der Waals surface area contributed by atoms with Crippen LogP contribution in [0.25, 0.3) is 0 Å². The highest BCUT2D eigenvalue weighted by Gasteiger charge is 2.19. The Kier molecular flexibility index (Phi) is 6.52. The molecule has 0 saturated carbocycles. The summed E-state index contributed by atoms with van der Waals surface area (Å²) in [5.74, 6) is 1.87. The van der Waals surface area contributed by atoms with Gasteiger partial charge < -0.3 is 20.1 Å². The van der Waals surface area contributed by atoms with Crippen molar-refractivity contribution in [2.24, 2.45) is 5.92 Å². The summed E-state index contributed by atoms with van der Waals surface area (Å²) in [6, 6.07) is 5.80. The fraction of sp³-hybridized carbons (Fsp3) is 0.588. The van der Waals surface area contributed by atoms with Crippen molar-refractivity contribution in [1.29, 1.82) is 0 Å². The molecular weight excluding hydrogens is 280 g/mol. The lowest BCUT2D eigenvalue weighted by Crippen LogP contribution is -2.32. The molecule has 1 aromatic rings. The minimum atomic E-state index is 0.148. The van der Waals surface area contributed by atoms with E-state index in [0.29, 0.717) is 6.54 Å². The van der Waals surface area contributed by atoms with Crippen LogP contribution < -0.4 is 20.1 Å². The van der Waals surface area contributed by atoms with E-state index < -0.39 is 0 Å². The van der Waals surface area contributed by atoms with Gasteiger partial charge in [-0.25, -0.2) is 0 Å². The molecule has 122 valence electrons. The maximum absolute atomic E-state index is 12.2. The zero-order valence-electron chi connectivity index (χ0n) is 13.5. The Hall–Kier alpha value is -1.75. The van der Waals surface area contributed by atoms with Gasteiger partial charge >= 0.3 is 0 Å². The molecule has 2 rings (SSSR count). The average molecular weight is 306 g/mol. The van der Waals surface area contributed by atoms with Crippen LogP contribution in [0.5, 0.6) is 11.5 Å². The van der Waals surface area contributed by atoms with Gasteiger partial charge in [0, 0.05) is 18.5 Å². The Morgan fingerprint density at radius 1 is 1.18 bits per heavy atom. The Morgan fingerprint density at radius 3 is 2.59 bits per heavy atom. The highest BCUT2D eigenvalue weighted by Crippen LogP contribution is 2.22. The van der Waals surface area contributed by atoms with E-state index >= 15 is 0 Å². The van der Waals surface area contributed by atoms with E-state index in [1.54, 1.807) is 14.2 Å². The topological polar surface area (TPSA) is 59.6 Å². The van der Waals surface area contributed by atoms with Crippen molar-refractivity contribution in [2.45, 2.75) is 25.7 Å². The van der Waals surface area contributed by atoms with E-state index in [9.17, 15) is 4.79 Å². The molecule has 0 bridgehead atoms. The van der Waals surface area contributed by atoms with E-state index in [4.69, 9.17) is 9.47 Å². The summed E-state index contributed by atoms with van der Waals surface area (Å²) < 4.78 is 10.5. The number of carbonyl (C=O) groups excluding carboxylic acids is 1. The van der Waals surface area contributed by atoms with Gasteiger partial charge in [0.15, 0.2) is 0 Å². The van der Waals surface area contributed by atoms with Gasteiger partial charge in [-0.15, -0.1) is 0 Å². The summed E-state index contributed by atoms with van der Waals surface area (Å²) in [4.78, 5) is 12.2. The minimum absolute atomic E-state index is 0.148. The van der Waals surface area contributed by atoms with E-state index in [1.807, 2.05) is 18.2 Å². The number of hydrogen-bond donors (Lipinski definition) is 2. The zero-order chi connectivity index (χ0) is 15.8. The normalized spacial score (nSPS) is 18.4. The van der Waals surface area contributed by atoms with Crippen LogP contribution in [-0.4, -0.2) is 39.8 Å². The summed E-state index contributed by atoms with van der Waals surface area (Å²) in [7, 11) is 3.28. The largest absolute Gasteiger partial charge is 0.497 e. The standard InChI is InChI=1S/C17H26N2O3/c1-21-15-10-13(11-16(12-15)22-2)5-9-19-17(20)14-4-3-7-18-8-6-14/h10-12,14,18H,3-9H2,1-2H3,(H,19,20)/t14-/m1/s1. The van der Waals surface area contributed by atoms with Gasteiger partial charge in [0.25, 0.3) is 0 Å². The quantitative estimate of drug-likeness (QED) is 0.841. The van der Waals surface area contributed by atoms with Gasteiger partial charge in [-0.05, 0) is 56.5 Å². The van der Waals surface area contributed by atoms with Gasteiger partial charge in [0.1, 0.15) is 11.5 Å². The second-order valence-electron chi connectivity index (χ2n) is 5.64. The molecule has 0 aromatic heterocycles. The summed E-state index contributed by atoms with van der Waals surface area (Å²) in [5.41, 5.74) is 1.10. The molecule has 1 amide bonds. The average Bonchev–Trinajstić information content (AvgIpc) is 2.83. The number of carbonyl (C=O) groups is 1. The number of nitrogens with one attached hydrogen (secondary N) is 2. The molecule has 1 aliphatic rings. The van der Waals surface area contributed by atoms with Gasteiger partial charge in [0.2, 0.25) is 5.91 Å². The lowest BCUT2D eigenvalue weighted by atomic mass is 10.00. The van der Waals surface area contributed by atoms with Gasteiger partial charge in [-0.3, -0.25) is 4.79 Å². The lowest BCUT2D eigenvalue weighted by molar-refractivity contribution is -0.125. The summed E-state index contributed by atoms with van der Waals surface area (Å²) in [6.45, 7) is 2.59. The second-order valence-corrected chi connectivity index (χ2v) is 5.64. The van der Waals surface area contributed by atoms with Crippen LogP contribution in [0.4, 0.5) is 0 Å². The number of rotatable bonds is 6. The Bertz CT molecular complexity index is 461. The highest BCUT2D eigenvalue weighted by molar-refractivity contribution is 5.78. The van der Waals surface area contributed by atoms with Crippen molar-refractivity contribution >= 4 is 5.91 Å². The Morgan fingerprint density at radius 2 is 1.91 bits per heavy atom. The third-order valence-electron chi connectivity index (χ3n) is 4.07. The molecule has 22 heavy (non-hydrogen) atoms. The van der Waals surface area contributed by atoms with E-state index in [0.717, 1.165) is 55.8 Å². The maximum atomic E-state index is 12.2. The predicted molar refractivity (Wildman–Crippen MR) is 86.5 cm³/mol. The first-order chi connectivity index (χ1) is 10.7.